The molecule has 0 aliphatic carbocycles. The SMILES string of the molecule is COc1cccc(OC)c1S(C)(=O)(O)Nc1noc2cc(Br)cc(OC)c12. The number of hydrogen-bond donors (Lipinski definition) is 2. The predicted octanol–water partition coefficient (Wildman–Crippen LogP) is 3.93. The first-order valence-electron chi connectivity index (χ1n) is 7.70. The van der Waals surface area contributed by atoms with E-state index in [1.54, 1.807) is 30.3 Å². The van der Waals surface area contributed by atoms with Crippen LogP contribution in [0.5, 0.6) is 17.2 Å². The number of benzene rings is 2. The molecule has 2 N–H and O–H groups in total. The molecular weight excluding hydrogens is 440 g/mol. The van der Waals surface area contributed by atoms with Crippen molar-refractivity contribution in [1.82, 2.24) is 5.16 Å². The molecule has 0 aliphatic rings. The maximum atomic E-state index is 13.7. The van der Waals surface area contributed by atoms with Gasteiger partial charge in [0.2, 0.25) is 0 Å². The minimum Gasteiger partial charge on any atom is -0.496 e. The highest BCUT2D eigenvalue weighted by Crippen LogP contribution is 2.45. The smallest absolute Gasteiger partial charge is 0.199 e. The summed E-state index contributed by atoms with van der Waals surface area (Å²) in [6.45, 7) is 0. The normalized spacial score (nSPS) is 13.0. The summed E-state index contributed by atoms with van der Waals surface area (Å²) in [5.41, 5.74) is 0.388. The molecule has 0 spiro atoms. The second-order valence-corrected chi connectivity index (χ2v) is 9.98. The predicted molar refractivity (Wildman–Crippen MR) is 106 cm³/mol. The van der Waals surface area contributed by atoms with E-state index in [0.29, 0.717) is 16.7 Å². The Labute approximate surface area is 164 Å². The fraction of sp³-hybridized carbons (Fsp3) is 0.235. The first-order valence-corrected chi connectivity index (χ1v) is 10.8. The van der Waals surface area contributed by atoms with E-state index in [1.807, 2.05) is 0 Å². The summed E-state index contributed by atoms with van der Waals surface area (Å²) in [5.74, 6) is 0.889. The molecule has 8 nitrogen and oxygen atoms in total. The Balaban J connectivity index is 2.21. The van der Waals surface area contributed by atoms with E-state index in [4.69, 9.17) is 18.7 Å². The van der Waals surface area contributed by atoms with E-state index in [0.717, 1.165) is 10.7 Å². The number of hydrogen-bond acceptors (Lipinski definition) is 6. The quantitative estimate of drug-likeness (QED) is 0.576. The van der Waals surface area contributed by atoms with Crippen LogP contribution in [0.1, 0.15) is 0 Å². The monoisotopic (exact) mass is 458 g/mol. The first-order chi connectivity index (χ1) is 12.7. The highest BCUT2D eigenvalue weighted by molar-refractivity contribution is 9.10. The molecule has 0 saturated carbocycles. The molecule has 3 aromatic rings. The number of aromatic nitrogens is 1. The molecule has 0 fully saturated rings. The van der Waals surface area contributed by atoms with Crippen molar-refractivity contribution in [2.45, 2.75) is 4.90 Å². The average Bonchev–Trinajstić information content (AvgIpc) is 3.01. The molecule has 0 unspecified atom stereocenters. The Morgan fingerprint density at radius 3 is 2.26 bits per heavy atom. The van der Waals surface area contributed by atoms with Crippen LogP contribution < -0.4 is 18.9 Å². The van der Waals surface area contributed by atoms with Gasteiger partial charge in [-0.1, -0.05) is 36.7 Å². The molecule has 27 heavy (non-hydrogen) atoms. The van der Waals surface area contributed by atoms with Gasteiger partial charge in [0.15, 0.2) is 16.3 Å². The van der Waals surface area contributed by atoms with Crippen LogP contribution >= 0.6 is 15.9 Å². The summed E-state index contributed by atoms with van der Waals surface area (Å²) < 4.78 is 49.4. The molecule has 0 atom stereocenters. The fourth-order valence-corrected chi connectivity index (χ4v) is 5.17. The van der Waals surface area contributed by atoms with Crippen molar-refractivity contribution in [1.29, 1.82) is 0 Å². The zero-order valence-corrected chi connectivity index (χ0v) is 17.5. The first kappa shape index (κ1) is 19.5. The Kier molecular flexibility index (Phi) is 4.83. The van der Waals surface area contributed by atoms with Gasteiger partial charge < -0.3 is 18.7 Å². The van der Waals surface area contributed by atoms with Crippen LogP contribution in [0, 0.1) is 0 Å². The number of halogens is 1. The van der Waals surface area contributed by atoms with Crippen molar-refractivity contribution < 1.29 is 27.5 Å². The van der Waals surface area contributed by atoms with Crippen molar-refractivity contribution in [3.8, 4) is 17.2 Å². The molecule has 10 heteroatoms. The van der Waals surface area contributed by atoms with Gasteiger partial charge in [0, 0.05) is 10.7 Å². The van der Waals surface area contributed by atoms with Crippen LogP contribution in [0.15, 0.2) is 44.2 Å². The van der Waals surface area contributed by atoms with E-state index >= 15 is 0 Å². The number of methoxy groups -OCH3 is 3. The summed E-state index contributed by atoms with van der Waals surface area (Å²) >= 11 is 3.35. The number of ether oxygens (including phenoxy) is 3. The molecule has 0 saturated heterocycles. The molecule has 1 heterocycles. The third-order valence-corrected chi connectivity index (χ3v) is 6.42. The van der Waals surface area contributed by atoms with Crippen LogP contribution in [0.2, 0.25) is 0 Å². The lowest BCUT2D eigenvalue weighted by atomic mass is 10.2. The third-order valence-electron chi connectivity index (χ3n) is 3.92. The Hall–Kier alpha value is -2.30. The minimum atomic E-state index is -4.72. The van der Waals surface area contributed by atoms with Crippen molar-refractivity contribution in [3.63, 3.8) is 0 Å². The molecule has 0 amide bonds. The van der Waals surface area contributed by atoms with Gasteiger partial charge in [0.05, 0.1) is 21.3 Å². The van der Waals surface area contributed by atoms with Crippen molar-refractivity contribution in [3.05, 3.63) is 34.8 Å². The van der Waals surface area contributed by atoms with Gasteiger partial charge in [-0.15, -0.1) is 0 Å². The van der Waals surface area contributed by atoms with Gasteiger partial charge in [-0.05, 0) is 24.3 Å². The lowest BCUT2D eigenvalue weighted by Gasteiger charge is -2.41. The highest BCUT2D eigenvalue weighted by Gasteiger charge is 2.34. The minimum absolute atomic E-state index is 0.0215. The van der Waals surface area contributed by atoms with E-state index < -0.39 is 9.53 Å². The van der Waals surface area contributed by atoms with E-state index in [1.165, 1.54) is 21.3 Å². The second kappa shape index (κ2) is 6.70. The van der Waals surface area contributed by atoms with Crippen LogP contribution in [0.4, 0.5) is 5.82 Å². The molecule has 3 rings (SSSR count). The summed E-state index contributed by atoms with van der Waals surface area (Å²) in [4.78, 5) is -0.0215. The summed E-state index contributed by atoms with van der Waals surface area (Å²) in [5, 5.41) is 4.34. The van der Waals surface area contributed by atoms with Gasteiger partial charge in [0.1, 0.15) is 22.6 Å². The number of anilines is 1. The maximum absolute atomic E-state index is 13.7. The van der Waals surface area contributed by atoms with Gasteiger partial charge in [0.25, 0.3) is 0 Å². The molecular formula is C17H19BrN2O6S. The van der Waals surface area contributed by atoms with Crippen molar-refractivity contribution in [2.24, 2.45) is 0 Å². The van der Waals surface area contributed by atoms with Gasteiger partial charge in [-0.2, -0.15) is 4.21 Å². The van der Waals surface area contributed by atoms with Crippen LogP contribution in [0.25, 0.3) is 11.0 Å². The topological polar surface area (TPSA) is 103 Å². The lowest BCUT2D eigenvalue weighted by molar-refractivity contribution is 0.369. The summed E-state index contributed by atoms with van der Waals surface area (Å²) in [7, 11) is -0.411. The Morgan fingerprint density at radius 2 is 1.70 bits per heavy atom. The van der Waals surface area contributed by atoms with Crippen molar-refractivity contribution >= 4 is 42.2 Å². The van der Waals surface area contributed by atoms with Crippen molar-refractivity contribution in [2.75, 3.05) is 32.3 Å². The molecule has 1 aromatic heterocycles. The van der Waals surface area contributed by atoms with Gasteiger partial charge >= 0.3 is 0 Å². The Morgan fingerprint density at radius 1 is 1.11 bits per heavy atom. The van der Waals surface area contributed by atoms with Crippen LogP contribution in [-0.2, 0) is 9.53 Å². The van der Waals surface area contributed by atoms with E-state index in [9.17, 15) is 8.76 Å². The molecule has 0 radical (unpaired) electrons. The zero-order chi connectivity index (χ0) is 19.8. The number of nitrogens with one attached hydrogen (secondary N) is 1. The van der Waals surface area contributed by atoms with Gasteiger partial charge in [-0.25, -0.2) is 0 Å². The molecule has 0 aliphatic heterocycles. The molecule has 2 aromatic carbocycles. The Bertz CT molecular complexity index is 1050. The van der Waals surface area contributed by atoms with Crippen LogP contribution in [-0.4, -0.2) is 41.5 Å². The van der Waals surface area contributed by atoms with Crippen LogP contribution in [0.3, 0.4) is 0 Å². The number of rotatable bonds is 6. The van der Waals surface area contributed by atoms with E-state index in [2.05, 4.69) is 25.8 Å². The van der Waals surface area contributed by atoms with Gasteiger partial charge in [-0.3, -0.25) is 9.27 Å². The maximum Gasteiger partial charge on any atom is 0.199 e. The van der Waals surface area contributed by atoms with E-state index in [-0.39, 0.29) is 22.2 Å². The molecule has 146 valence electrons. The number of fused-ring (bicyclic) bond motifs is 1. The third kappa shape index (κ3) is 3.47. The number of nitrogens with zero attached hydrogens (tertiary/aromatic N) is 1. The summed E-state index contributed by atoms with van der Waals surface area (Å²) in [6.07, 6.45) is 1.16. The molecule has 0 bridgehead atoms. The lowest BCUT2D eigenvalue weighted by Crippen LogP contribution is -2.40. The standard InChI is InChI=1S/C17H19BrN2O6S/c1-23-11-6-5-7-12(24-2)16(11)27(4,21,22)20-17-15-13(25-3)8-10(18)9-14(15)26-19-17/h5-9H,1-4H3,(H2,19,20,21,22). The fourth-order valence-electron chi connectivity index (χ4n) is 2.80. The average molecular weight is 459 g/mol. The largest absolute Gasteiger partial charge is 0.496 e. The summed E-state index contributed by atoms with van der Waals surface area (Å²) in [6, 6.07) is 8.20. The second-order valence-electron chi connectivity index (χ2n) is 5.89. The zero-order valence-electron chi connectivity index (χ0n) is 15.1. The highest BCUT2D eigenvalue weighted by atomic mass is 79.9.